The molecule has 0 aliphatic carbocycles. The fourth-order valence-electron chi connectivity index (χ4n) is 11.8. The molecule has 0 aromatic carbocycles. The third-order valence-electron chi connectivity index (χ3n) is 17.5. The highest BCUT2D eigenvalue weighted by Crippen LogP contribution is 2.19. The second-order valence-corrected chi connectivity index (χ2v) is 25.9. The Bertz CT molecular complexity index is 1340. The van der Waals surface area contributed by atoms with Crippen LogP contribution in [-0.4, -0.2) is 37.2 Å². The van der Waals surface area contributed by atoms with Crippen molar-refractivity contribution in [3.05, 3.63) is 24.3 Å². The summed E-state index contributed by atoms with van der Waals surface area (Å²) in [6, 6.07) is 0. The minimum absolute atomic E-state index is 0.0627. The number of allylic oxidation sites excluding steroid dienone is 4. The Kier molecular flexibility index (Phi) is 70.5. The molecular formula is C77H146O6. The molecule has 0 aromatic heterocycles. The van der Waals surface area contributed by atoms with Gasteiger partial charge in [0.15, 0.2) is 6.10 Å². The maximum atomic E-state index is 12.9. The van der Waals surface area contributed by atoms with E-state index in [2.05, 4.69) is 45.1 Å². The van der Waals surface area contributed by atoms with E-state index in [4.69, 9.17) is 14.2 Å². The van der Waals surface area contributed by atoms with Gasteiger partial charge in [-0.05, 0) is 51.4 Å². The molecule has 83 heavy (non-hydrogen) atoms. The lowest BCUT2D eigenvalue weighted by atomic mass is 10.0. The first kappa shape index (κ1) is 80.9. The van der Waals surface area contributed by atoms with Crippen LogP contribution in [0.3, 0.4) is 0 Å². The number of unbranched alkanes of at least 4 members (excludes halogenated alkanes) is 56. The summed E-state index contributed by atoms with van der Waals surface area (Å²) in [5, 5.41) is 0. The summed E-state index contributed by atoms with van der Waals surface area (Å²) in [6.07, 6.45) is 89.5. The fourth-order valence-corrected chi connectivity index (χ4v) is 11.8. The van der Waals surface area contributed by atoms with E-state index in [0.717, 1.165) is 64.2 Å². The number of rotatable bonds is 71. The summed E-state index contributed by atoms with van der Waals surface area (Å²) < 4.78 is 17.0. The van der Waals surface area contributed by atoms with Crippen LogP contribution in [0.25, 0.3) is 0 Å². The zero-order valence-electron chi connectivity index (χ0n) is 56.5. The van der Waals surface area contributed by atoms with Crippen LogP contribution in [0.4, 0.5) is 0 Å². The Morgan fingerprint density at radius 3 is 0.663 bits per heavy atom. The summed E-state index contributed by atoms with van der Waals surface area (Å²) in [5.74, 6) is -0.827. The Morgan fingerprint density at radius 2 is 0.434 bits per heavy atom. The summed E-state index contributed by atoms with van der Waals surface area (Å²) in [5.41, 5.74) is 0. The molecule has 0 spiro atoms. The van der Waals surface area contributed by atoms with E-state index in [1.807, 2.05) is 0 Å². The van der Waals surface area contributed by atoms with Crippen molar-refractivity contribution in [2.75, 3.05) is 13.2 Å². The summed E-state index contributed by atoms with van der Waals surface area (Å²) >= 11 is 0. The van der Waals surface area contributed by atoms with Crippen molar-refractivity contribution in [1.29, 1.82) is 0 Å². The van der Waals surface area contributed by atoms with Crippen LogP contribution in [0, 0.1) is 0 Å². The molecule has 0 aliphatic rings. The molecule has 1 unspecified atom stereocenters. The fraction of sp³-hybridized carbons (Fsp3) is 0.909. The molecule has 0 radical (unpaired) electrons. The lowest BCUT2D eigenvalue weighted by molar-refractivity contribution is -0.167. The van der Waals surface area contributed by atoms with Crippen LogP contribution in [0.5, 0.6) is 0 Å². The van der Waals surface area contributed by atoms with Crippen molar-refractivity contribution in [3.8, 4) is 0 Å². The number of carbonyl (C=O) groups excluding carboxylic acids is 3. The van der Waals surface area contributed by atoms with Gasteiger partial charge in [-0.25, -0.2) is 0 Å². The summed E-state index contributed by atoms with van der Waals surface area (Å²) in [7, 11) is 0. The van der Waals surface area contributed by atoms with E-state index in [-0.39, 0.29) is 31.1 Å². The van der Waals surface area contributed by atoms with E-state index in [0.29, 0.717) is 19.3 Å². The average Bonchev–Trinajstić information content (AvgIpc) is 3.48. The summed E-state index contributed by atoms with van der Waals surface area (Å²) in [6.45, 7) is 6.71. The number of carbonyl (C=O) groups is 3. The predicted octanol–water partition coefficient (Wildman–Crippen LogP) is 26.1. The Hall–Kier alpha value is -2.11. The second-order valence-electron chi connectivity index (χ2n) is 25.9. The Morgan fingerprint density at radius 1 is 0.241 bits per heavy atom. The van der Waals surface area contributed by atoms with Crippen molar-refractivity contribution < 1.29 is 28.6 Å². The molecule has 0 saturated carbocycles. The lowest BCUT2D eigenvalue weighted by Crippen LogP contribution is -2.30. The van der Waals surface area contributed by atoms with Crippen LogP contribution in [0.15, 0.2) is 24.3 Å². The zero-order valence-corrected chi connectivity index (χ0v) is 56.5. The topological polar surface area (TPSA) is 78.9 Å². The van der Waals surface area contributed by atoms with Gasteiger partial charge in [-0.15, -0.1) is 0 Å². The van der Waals surface area contributed by atoms with Crippen molar-refractivity contribution >= 4 is 17.9 Å². The van der Waals surface area contributed by atoms with E-state index in [1.165, 1.54) is 327 Å². The molecule has 6 nitrogen and oxygen atoms in total. The molecule has 0 N–H and O–H groups in total. The van der Waals surface area contributed by atoms with Gasteiger partial charge >= 0.3 is 17.9 Å². The molecule has 0 fully saturated rings. The first-order valence-electron chi connectivity index (χ1n) is 37.8. The van der Waals surface area contributed by atoms with E-state index in [9.17, 15) is 14.4 Å². The normalized spacial score (nSPS) is 12.1. The number of hydrogen-bond donors (Lipinski definition) is 0. The van der Waals surface area contributed by atoms with Gasteiger partial charge in [0.2, 0.25) is 0 Å². The maximum Gasteiger partial charge on any atom is 0.306 e. The van der Waals surface area contributed by atoms with Crippen molar-refractivity contribution in [2.24, 2.45) is 0 Å². The first-order valence-corrected chi connectivity index (χ1v) is 37.8. The second kappa shape index (κ2) is 72.4. The van der Waals surface area contributed by atoms with Gasteiger partial charge in [-0.2, -0.15) is 0 Å². The molecule has 0 bridgehead atoms. The van der Waals surface area contributed by atoms with E-state index >= 15 is 0 Å². The molecule has 6 heteroatoms. The minimum Gasteiger partial charge on any atom is -0.462 e. The van der Waals surface area contributed by atoms with Crippen LogP contribution in [-0.2, 0) is 28.6 Å². The van der Waals surface area contributed by atoms with Crippen LogP contribution >= 0.6 is 0 Å². The maximum absolute atomic E-state index is 12.9. The van der Waals surface area contributed by atoms with Crippen molar-refractivity contribution in [2.45, 2.75) is 438 Å². The van der Waals surface area contributed by atoms with E-state index < -0.39 is 6.10 Å². The molecule has 0 rings (SSSR count). The van der Waals surface area contributed by atoms with Gasteiger partial charge in [-0.3, -0.25) is 14.4 Å². The number of esters is 3. The first-order chi connectivity index (χ1) is 41.0. The Labute approximate surface area is 519 Å². The molecule has 0 heterocycles. The highest BCUT2D eigenvalue weighted by Gasteiger charge is 2.20. The molecule has 1 atom stereocenters. The predicted molar refractivity (Wildman–Crippen MR) is 363 cm³/mol. The van der Waals surface area contributed by atoms with Gasteiger partial charge in [0.1, 0.15) is 13.2 Å². The number of ether oxygens (including phenoxy) is 3. The van der Waals surface area contributed by atoms with Crippen molar-refractivity contribution in [1.82, 2.24) is 0 Å². The smallest absolute Gasteiger partial charge is 0.306 e. The third-order valence-corrected chi connectivity index (χ3v) is 17.5. The van der Waals surface area contributed by atoms with Gasteiger partial charge in [0, 0.05) is 19.3 Å². The van der Waals surface area contributed by atoms with Gasteiger partial charge < -0.3 is 14.2 Å². The monoisotopic (exact) mass is 1170 g/mol. The minimum atomic E-state index is -0.765. The van der Waals surface area contributed by atoms with Gasteiger partial charge in [-0.1, -0.05) is 385 Å². The molecule has 0 aliphatic heterocycles. The standard InChI is InChI=1S/C77H146O6/c1-4-7-10-13-16-19-22-24-26-28-30-32-33-34-35-36-37-38-39-40-41-42-43-45-46-48-50-52-55-58-61-64-67-70-76(79)82-73-74(72-81-75(78)69-66-63-60-57-54-21-18-15-12-9-6-3)83-77(80)71-68-65-62-59-56-53-51-49-47-44-31-29-27-25-23-20-17-14-11-8-5-2/h22,24,28,30,74H,4-21,23,25-27,29,31-73H2,1-3H3/b24-22-,30-28-. The highest BCUT2D eigenvalue weighted by atomic mass is 16.6. The molecule has 490 valence electrons. The van der Waals surface area contributed by atoms with Gasteiger partial charge in [0.25, 0.3) is 0 Å². The largest absolute Gasteiger partial charge is 0.462 e. The lowest BCUT2D eigenvalue weighted by Gasteiger charge is -2.18. The highest BCUT2D eigenvalue weighted by molar-refractivity contribution is 5.71. The summed E-state index contributed by atoms with van der Waals surface area (Å²) in [4.78, 5) is 38.4. The quantitative estimate of drug-likeness (QED) is 0.0261. The molecular weight excluding hydrogens is 1020 g/mol. The molecule has 0 amide bonds. The molecule has 0 aromatic rings. The molecule has 0 saturated heterocycles. The van der Waals surface area contributed by atoms with Crippen LogP contribution in [0.1, 0.15) is 432 Å². The zero-order chi connectivity index (χ0) is 59.9. The van der Waals surface area contributed by atoms with Gasteiger partial charge in [0.05, 0.1) is 0 Å². The van der Waals surface area contributed by atoms with Crippen molar-refractivity contribution in [3.63, 3.8) is 0 Å². The third kappa shape index (κ3) is 70.5. The number of hydrogen-bond acceptors (Lipinski definition) is 6. The van der Waals surface area contributed by atoms with Crippen LogP contribution < -0.4 is 0 Å². The SMILES string of the molecule is CCCCCCC/C=C\C/C=C\CCCCCCCCCCCCCCCCCCCCCCCC(=O)OCC(COC(=O)CCCCCCCCCCCCC)OC(=O)CCCCCCCCCCCCCCCCCCCCCCC. The van der Waals surface area contributed by atoms with Crippen LogP contribution in [0.2, 0.25) is 0 Å². The van der Waals surface area contributed by atoms with E-state index in [1.54, 1.807) is 0 Å². The average molecular weight is 1170 g/mol. The Balaban J connectivity index is 4.07.